The molecule has 2 rings (SSSR count). The van der Waals surface area contributed by atoms with Gasteiger partial charge in [0.25, 0.3) is 5.69 Å². The number of nitrogens with one attached hydrogen (secondary N) is 1. The molecule has 1 aliphatic carbocycles. The number of rotatable bonds is 4. The van der Waals surface area contributed by atoms with Crippen LogP contribution in [0.3, 0.4) is 0 Å². The van der Waals surface area contributed by atoms with Crippen molar-refractivity contribution in [1.82, 2.24) is 0 Å². The van der Waals surface area contributed by atoms with Crippen LogP contribution in [0.1, 0.15) is 38.2 Å². The van der Waals surface area contributed by atoms with E-state index in [4.69, 9.17) is 0 Å². The van der Waals surface area contributed by atoms with E-state index in [1.807, 2.05) is 0 Å². The number of nitro benzene ring substituents is 1. The van der Waals surface area contributed by atoms with Gasteiger partial charge in [0.1, 0.15) is 0 Å². The van der Waals surface area contributed by atoms with E-state index in [1.54, 1.807) is 19.1 Å². The molecule has 0 amide bonds. The van der Waals surface area contributed by atoms with Gasteiger partial charge in [-0.25, -0.2) is 0 Å². The monoisotopic (exact) mass is 278 g/mol. The van der Waals surface area contributed by atoms with Gasteiger partial charge in [-0.3, -0.25) is 10.1 Å². The van der Waals surface area contributed by atoms with Gasteiger partial charge in [-0.1, -0.05) is 6.92 Å². The van der Waals surface area contributed by atoms with E-state index in [2.05, 4.69) is 12.2 Å². The summed E-state index contributed by atoms with van der Waals surface area (Å²) in [7, 11) is 0. The highest BCUT2D eigenvalue weighted by molar-refractivity contribution is 5.54. The average molecular weight is 278 g/mol. The number of hydrogen-bond donors (Lipinski definition) is 2. The number of aliphatic hydroxyl groups excluding tert-OH is 1. The van der Waals surface area contributed by atoms with Gasteiger partial charge in [-0.2, -0.15) is 0 Å². The molecule has 1 aromatic carbocycles. The largest absolute Gasteiger partial charge is 0.394 e. The first-order chi connectivity index (χ1) is 9.46. The molecule has 0 aromatic heterocycles. The molecule has 0 bridgehead atoms. The van der Waals surface area contributed by atoms with E-state index in [9.17, 15) is 15.2 Å². The maximum absolute atomic E-state index is 10.8. The Bertz CT molecular complexity index is 494. The van der Waals surface area contributed by atoms with Crippen molar-refractivity contribution in [2.75, 3.05) is 11.9 Å². The second-order valence-corrected chi connectivity index (χ2v) is 6.00. The Labute approximate surface area is 119 Å². The van der Waals surface area contributed by atoms with Gasteiger partial charge in [0.15, 0.2) is 0 Å². The quantitative estimate of drug-likeness (QED) is 0.654. The van der Waals surface area contributed by atoms with Crippen LogP contribution in [0.5, 0.6) is 0 Å². The molecule has 0 saturated heterocycles. The van der Waals surface area contributed by atoms with Crippen molar-refractivity contribution in [3.63, 3.8) is 0 Å². The third-order valence-corrected chi connectivity index (χ3v) is 4.34. The van der Waals surface area contributed by atoms with Crippen LogP contribution >= 0.6 is 0 Å². The standard InChI is InChI=1S/C15H22N2O3/c1-11-5-7-15(10-18,8-6-11)16-13-3-4-14(17(19)20)12(2)9-13/h3-4,9,11,16,18H,5-8,10H2,1-2H3. The predicted octanol–water partition coefficient (Wildman–Crippen LogP) is 3.26. The summed E-state index contributed by atoms with van der Waals surface area (Å²) in [6.45, 7) is 4.06. The van der Waals surface area contributed by atoms with E-state index >= 15 is 0 Å². The Morgan fingerprint density at radius 1 is 1.45 bits per heavy atom. The molecule has 1 fully saturated rings. The fourth-order valence-electron chi connectivity index (χ4n) is 2.88. The molecule has 1 aliphatic rings. The van der Waals surface area contributed by atoms with Crippen LogP contribution in [-0.2, 0) is 0 Å². The lowest BCUT2D eigenvalue weighted by molar-refractivity contribution is -0.385. The third-order valence-electron chi connectivity index (χ3n) is 4.34. The zero-order chi connectivity index (χ0) is 14.8. The fourth-order valence-corrected chi connectivity index (χ4v) is 2.88. The van der Waals surface area contributed by atoms with Crippen molar-refractivity contribution in [1.29, 1.82) is 0 Å². The van der Waals surface area contributed by atoms with E-state index in [1.165, 1.54) is 6.07 Å². The minimum absolute atomic E-state index is 0.0930. The summed E-state index contributed by atoms with van der Waals surface area (Å²) in [6, 6.07) is 5.03. The van der Waals surface area contributed by atoms with Crippen LogP contribution in [0.2, 0.25) is 0 Å². The third kappa shape index (κ3) is 3.10. The zero-order valence-electron chi connectivity index (χ0n) is 12.1. The predicted molar refractivity (Wildman–Crippen MR) is 78.9 cm³/mol. The second kappa shape index (κ2) is 5.79. The molecule has 0 atom stereocenters. The van der Waals surface area contributed by atoms with Gasteiger partial charge in [-0.05, 0) is 50.7 Å². The molecule has 20 heavy (non-hydrogen) atoms. The van der Waals surface area contributed by atoms with E-state index < -0.39 is 0 Å². The SMILES string of the molecule is Cc1cc(NC2(CO)CCC(C)CC2)ccc1[N+](=O)[O-]. The van der Waals surface area contributed by atoms with Crippen LogP contribution in [0.25, 0.3) is 0 Å². The van der Waals surface area contributed by atoms with Crippen LogP contribution in [0, 0.1) is 23.0 Å². The number of nitro groups is 1. The summed E-state index contributed by atoms with van der Waals surface area (Å²) in [4.78, 5) is 10.5. The molecule has 5 nitrogen and oxygen atoms in total. The van der Waals surface area contributed by atoms with Crippen LogP contribution in [0.15, 0.2) is 18.2 Å². The van der Waals surface area contributed by atoms with Crippen molar-refractivity contribution in [3.8, 4) is 0 Å². The van der Waals surface area contributed by atoms with Gasteiger partial charge >= 0.3 is 0 Å². The molecule has 0 spiro atoms. The Morgan fingerprint density at radius 3 is 2.60 bits per heavy atom. The molecule has 1 aromatic rings. The van der Waals surface area contributed by atoms with Crippen molar-refractivity contribution >= 4 is 11.4 Å². The highest BCUT2D eigenvalue weighted by atomic mass is 16.6. The van der Waals surface area contributed by atoms with Crippen molar-refractivity contribution < 1.29 is 10.0 Å². The van der Waals surface area contributed by atoms with Gasteiger partial charge in [0, 0.05) is 17.3 Å². The molecule has 0 heterocycles. The molecular formula is C15H22N2O3. The average Bonchev–Trinajstić information content (AvgIpc) is 2.41. The molecule has 5 heteroatoms. The smallest absolute Gasteiger partial charge is 0.272 e. The van der Waals surface area contributed by atoms with Gasteiger partial charge in [0.2, 0.25) is 0 Å². The summed E-state index contributed by atoms with van der Waals surface area (Å²) in [5, 5.41) is 24.0. The Morgan fingerprint density at radius 2 is 2.10 bits per heavy atom. The minimum Gasteiger partial charge on any atom is -0.394 e. The number of anilines is 1. The maximum Gasteiger partial charge on any atom is 0.272 e. The summed E-state index contributed by atoms with van der Waals surface area (Å²) in [5.41, 5.74) is 1.33. The molecule has 0 unspecified atom stereocenters. The van der Waals surface area contributed by atoms with Crippen LogP contribution in [-0.4, -0.2) is 22.2 Å². The first-order valence-electron chi connectivity index (χ1n) is 7.10. The normalized spacial score (nSPS) is 26.2. The number of nitrogens with zero attached hydrogens (tertiary/aromatic N) is 1. The van der Waals surface area contributed by atoms with Crippen molar-refractivity contribution in [2.45, 2.75) is 45.1 Å². The highest BCUT2D eigenvalue weighted by Gasteiger charge is 2.33. The van der Waals surface area contributed by atoms with Crippen molar-refractivity contribution in [3.05, 3.63) is 33.9 Å². The summed E-state index contributed by atoms with van der Waals surface area (Å²) < 4.78 is 0. The Kier molecular flexibility index (Phi) is 4.28. The van der Waals surface area contributed by atoms with Gasteiger partial charge in [-0.15, -0.1) is 0 Å². The summed E-state index contributed by atoms with van der Waals surface area (Å²) in [6.07, 6.45) is 4.06. The molecule has 0 radical (unpaired) electrons. The maximum atomic E-state index is 10.8. The second-order valence-electron chi connectivity index (χ2n) is 6.00. The lowest BCUT2D eigenvalue weighted by Crippen LogP contribution is -2.45. The lowest BCUT2D eigenvalue weighted by atomic mass is 9.77. The number of aliphatic hydroxyl groups is 1. The van der Waals surface area contributed by atoms with E-state index in [-0.39, 0.29) is 22.8 Å². The molecular weight excluding hydrogens is 256 g/mol. The highest BCUT2D eigenvalue weighted by Crippen LogP contribution is 2.35. The number of benzene rings is 1. The summed E-state index contributed by atoms with van der Waals surface area (Å²) >= 11 is 0. The Hall–Kier alpha value is -1.62. The van der Waals surface area contributed by atoms with Crippen LogP contribution < -0.4 is 5.32 Å². The van der Waals surface area contributed by atoms with E-state index in [0.717, 1.165) is 31.4 Å². The molecule has 1 saturated carbocycles. The topological polar surface area (TPSA) is 75.4 Å². The molecule has 2 N–H and O–H groups in total. The number of aryl methyl sites for hydroxylation is 1. The van der Waals surface area contributed by atoms with Gasteiger partial charge < -0.3 is 10.4 Å². The van der Waals surface area contributed by atoms with Crippen LogP contribution in [0.4, 0.5) is 11.4 Å². The van der Waals surface area contributed by atoms with Crippen molar-refractivity contribution in [2.24, 2.45) is 5.92 Å². The fraction of sp³-hybridized carbons (Fsp3) is 0.600. The van der Waals surface area contributed by atoms with E-state index in [0.29, 0.717) is 11.5 Å². The zero-order valence-corrected chi connectivity index (χ0v) is 12.1. The first kappa shape index (κ1) is 14.8. The molecule has 0 aliphatic heterocycles. The molecule has 110 valence electrons. The number of hydrogen-bond acceptors (Lipinski definition) is 4. The Balaban J connectivity index is 2.16. The lowest BCUT2D eigenvalue weighted by Gasteiger charge is -2.39. The summed E-state index contributed by atoms with van der Waals surface area (Å²) in [5.74, 6) is 0.704. The minimum atomic E-state index is -0.372. The van der Waals surface area contributed by atoms with Gasteiger partial charge in [0.05, 0.1) is 17.1 Å². The first-order valence-corrected chi connectivity index (χ1v) is 7.10.